The van der Waals surface area contributed by atoms with Crippen molar-refractivity contribution < 1.29 is 4.79 Å². The minimum absolute atomic E-state index is 0.0180. The maximum Gasteiger partial charge on any atom is 0.230 e. The van der Waals surface area contributed by atoms with Gasteiger partial charge in [0.25, 0.3) is 0 Å². The third-order valence-corrected chi connectivity index (χ3v) is 3.18. The van der Waals surface area contributed by atoms with Crippen molar-refractivity contribution in [3.63, 3.8) is 0 Å². The first-order valence-corrected chi connectivity index (χ1v) is 5.39. The van der Waals surface area contributed by atoms with Gasteiger partial charge in [0.2, 0.25) is 5.91 Å². The van der Waals surface area contributed by atoms with Crippen LogP contribution in [-0.4, -0.2) is 16.9 Å². The number of hydrogen-bond acceptors (Lipinski definition) is 2. The summed E-state index contributed by atoms with van der Waals surface area (Å²) in [6.07, 6.45) is 1.72. The number of nitrogens with two attached hydrogens (primary N) is 1. The van der Waals surface area contributed by atoms with Crippen LogP contribution in [-0.2, 0) is 4.79 Å². The summed E-state index contributed by atoms with van der Waals surface area (Å²) in [5.74, 6) is -0.322. The average molecular weight is 214 g/mol. The quantitative estimate of drug-likeness (QED) is 0.692. The molecule has 0 bridgehead atoms. The average Bonchev–Trinajstić information content (AvgIpc) is 2.58. The molecule has 3 N–H and O–H groups in total. The molecule has 0 radical (unpaired) electrons. The fourth-order valence-corrected chi connectivity index (χ4v) is 1.78. The van der Waals surface area contributed by atoms with Crippen LogP contribution in [0.1, 0.15) is 33.6 Å². The van der Waals surface area contributed by atoms with Crippen molar-refractivity contribution in [3.8, 4) is 0 Å². The minimum atomic E-state index is -0.304. The van der Waals surface area contributed by atoms with Crippen LogP contribution in [0.4, 0.5) is 0 Å². The number of carbonyl (C=O) groups excluding carboxylic acids is 1. The van der Waals surface area contributed by atoms with Crippen molar-refractivity contribution >= 4 is 23.1 Å². The van der Waals surface area contributed by atoms with Crippen LogP contribution in [0.15, 0.2) is 0 Å². The lowest BCUT2D eigenvalue weighted by atomic mass is 10.1. The van der Waals surface area contributed by atoms with E-state index in [9.17, 15) is 4.79 Å². The van der Waals surface area contributed by atoms with E-state index in [4.69, 9.17) is 18.0 Å². The molecule has 1 rings (SSSR count). The van der Waals surface area contributed by atoms with E-state index in [1.807, 2.05) is 6.92 Å². The van der Waals surface area contributed by atoms with Crippen molar-refractivity contribution in [1.82, 2.24) is 5.32 Å². The van der Waals surface area contributed by atoms with Gasteiger partial charge in [-0.3, -0.25) is 4.79 Å². The Morgan fingerprint density at radius 3 is 2.50 bits per heavy atom. The summed E-state index contributed by atoms with van der Waals surface area (Å²) in [4.78, 5) is 12.0. The maximum atomic E-state index is 11.7. The van der Waals surface area contributed by atoms with Crippen LogP contribution < -0.4 is 11.1 Å². The Labute approximate surface area is 90.4 Å². The first-order valence-electron chi connectivity index (χ1n) is 4.98. The Morgan fingerprint density at radius 1 is 1.71 bits per heavy atom. The van der Waals surface area contributed by atoms with Gasteiger partial charge in [0.1, 0.15) is 0 Å². The third kappa shape index (κ3) is 2.44. The number of carbonyl (C=O) groups is 1. The molecule has 1 saturated carbocycles. The first kappa shape index (κ1) is 11.4. The lowest BCUT2D eigenvalue weighted by Crippen LogP contribution is -2.39. The summed E-state index contributed by atoms with van der Waals surface area (Å²) in [5, 5.41) is 2.97. The van der Waals surface area contributed by atoms with E-state index < -0.39 is 0 Å². The lowest BCUT2D eigenvalue weighted by Gasteiger charge is -2.14. The Balaban J connectivity index is 2.46. The number of rotatable bonds is 4. The molecule has 3 nitrogen and oxygen atoms in total. The number of amides is 1. The highest BCUT2D eigenvalue weighted by Crippen LogP contribution is 2.44. The molecule has 2 unspecified atom stereocenters. The summed E-state index contributed by atoms with van der Waals surface area (Å²) in [5.41, 5.74) is 5.74. The number of thiocarbonyl (C=S) groups is 1. The molecule has 1 aliphatic carbocycles. The largest absolute Gasteiger partial charge is 0.393 e. The Kier molecular flexibility index (Phi) is 3.14. The zero-order chi connectivity index (χ0) is 10.9. The van der Waals surface area contributed by atoms with Crippen LogP contribution >= 0.6 is 12.2 Å². The minimum Gasteiger partial charge on any atom is -0.393 e. The molecular weight excluding hydrogens is 196 g/mol. The molecular formula is C10H18N2OS. The van der Waals surface area contributed by atoms with Gasteiger partial charge in [-0.25, -0.2) is 0 Å². The topological polar surface area (TPSA) is 55.1 Å². The van der Waals surface area contributed by atoms with Gasteiger partial charge < -0.3 is 11.1 Å². The molecule has 4 heteroatoms. The zero-order valence-corrected chi connectivity index (χ0v) is 9.78. The Bertz CT molecular complexity index is 263. The second kappa shape index (κ2) is 3.85. The van der Waals surface area contributed by atoms with Gasteiger partial charge in [-0.05, 0) is 18.3 Å². The van der Waals surface area contributed by atoms with E-state index in [1.165, 1.54) is 0 Å². The standard InChI is InChI=1S/C10H18N2OS/c1-4-6(8(11)14)9(13)12-7-5-10(7,2)3/h6-7H,4-5H2,1-3H3,(H2,11,14)(H,12,13). The predicted molar refractivity (Wildman–Crippen MR) is 60.9 cm³/mol. The molecule has 1 aliphatic rings. The SMILES string of the molecule is CCC(C(=O)NC1CC1(C)C)C(N)=S. The third-order valence-electron chi connectivity index (χ3n) is 2.90. The van der Waals surface area contributed by atoms with Crippen LogP contribution in [0.2, 0.25) is 0 Å². The van der Waals surface area contributed by atoms with Gasteiger partial charge in [0.15, 0.2) is 0 Å². The second-order valence-corrected chi connectivity index (χ2v) is 5.09. The maximum absolute atomic E-state index is 11.7. The van der Waals surface area contributed by atoms with Gasteiger partial charge in [0, 0.05) is 6.04 Å². The molecule has 0 spiro atoms. The second-order valence-electron chi connectivity index (χ2n) is 4.62. The zero-order valence-electron chi connectivity index (χ0n) is 8.96. The predicted octanol–water partition coefficient (Wildman–Crippen LogP) is 1.21. The molecule has 0 aliphatic heterocycles. The summed E-state index contributed by atoms with van der Waals surface area (Å²) in [6, 6.07) is 0.304. The van der Waals surface area contributed by atoms with Crippen LogP contribution in [0.25, 0.3) is 0 Å². The monoisotopic (exact) mass is 214 g/mol. The molecule has 14 heavy (non-hydrogen) atoms. The summed E-state index contributed by atoms with van der Waals surface area (Å²) >= 11 is 4.84. The van der Waals surface area contributed by atoms with Crippen molar-refractivity contribution in [2.24, 2.45) is 17.1 Å². The van der Waals surface area contributed by atoms with Gasteiger partial charge in [0.05, 0.1) is 10.9 Å². The fourth-order valence-electron chi connectivity index (χ4n) is 1.50. The highest BCUT2D eigenvalue weighted by atomic mass is 32.1. The molecule has 80 valence electrons. The van der Waals surface area contributed by atoms with Crippen LogP contribution in [0.3, 0.4) is 0 Å². The summed E-state index contributed by atoms with van der Waals surface area (Å²) in [7, 11) is 0. The molecule has 0 aromatic heterocycles. The molecule has 0 aromatic carbocycles. The molecule has 0 heterocycles. The lowest BCUT2D eigenvalue weighted by molar-refractivity contribution is -0.123. The van der Waals surface area contributed by atoms with E-state index in [0.717, 1.165) is 6.42 Å². The van der Waals surface area contributed by atoms with Gasteiger partial charge in [-0.15, -0.1) is 0 Å². The number of hydrogen-bond donors (Lipinski definition) is 2. The fraction of sp³-hybridized carbons (Fsp3) is 0.800. The van der Waals surface area contributed by atoms with E-state index in [1.54, 1.807) is 0 Å². The van der Waals surface area contributed by atoms with Gasteiger partial charge in [-0.2, -0.15) is 0 Å². The van der Waals surface area contributed by atoms with E-state index in [2.05, 4.69) is 19.2 Å². The van der Waals surface area contributed by atoms with Crippen molar-refractivity contribution in [2.75, 3.05) is 0 Å². The molecule has 2 atom stereocenters. The summed E-state index contributed by atoms with van der Waals surface area (Å²) in [6.45, 7) is 6.20. The Morgan fingerprint density at radius 2 is 2.21 bits per heavy atom. The normalized spacial score (nSPS) is 25.2. The van der Waals surface area contributed by atoms with Gasteiger partial charge in [-0.1, -0.05) is 33.0 Å². The van der Waals surface area contributed by atoms with Crippen molar-refractivity contribution in [1.29, 1.82) is 0 Å². The molecule has 0 aromatic rings. The molecule has 1 fully saturated rings. The van der Waals surface area contributed by atoms with Crippen LogP contribution in [0, 0.1) is 11.3 Å². The first-order chi connectivity index (χ1) is 6.38. The smallest absolute Gasteiger partial charge is 0.230 e. The molecule has 1 amide bonds. The van der Waals surface area contributed by atoms with E-state index in [0.29, 0.717) is 17.5 Å². The highest BCUT2D eigenvalue weighted by Gasteiger charge is 2.47. The summed E-state index contributed by atoms with van der Waals surface area (Å²) < 4.78 is 0. The highest BCUT2D eigenvalue weighted by molar-refractivity contribution is 7.80. The van der Waals surface area contributed by atoms with E-state index in [-0.39, 0.29) is 17.2 Å². The number of nitrogens with one attached hydrogen (secondary N) is 1. The van der Waals surface area contributed by atoms with Crippen molar-refractivity contribution in [2.45, 2.75) is 39.7 Å². The van der Waals surface area contributed by atoms with Crippen molar-refractivity contribution in [3.05, 3.63) is 0 Å². The molecule has 0 saturated heterocycles. The van der Waals surface area contributed by atoms with Gasteiger partial charge >= 0.3 is 0 Å². The van der Waals surface area contributed by atoms with Crippen LogP contribution in [0.5, 0.6) is 0 Å². The Hall–Kier alpha value is -0.640. The van der Waals surface area contributed by atoms with E-state index >= 15 is 0 Å².